The highest BCUT2D eigenvalue weighted by molar-refractivity contribution is 7.90. The molecule has 0 unspecified atom stereocenters. The third-order valence-electron chi connectivity index (χ3n) is 3.13. The molecule has 1 aliphatic rings. The number of nitrogen functional groups attached to an aromatic ring is 1. The van der Waals surface area contributed by atoms with Crippen molar-refractivity contribution in [1.82, 2.24) is 4.31 Å². The molecule has 0 bridgehead atoms. The average Bonchev–Trinajstić information content (AvgIpc) is 2.63. The molecule has 0 saturated carbocycles. The van der Waals surface area contributed by atoms with Gasteiger partial charge in [-0.3, -0.25) is 4.72 Å². The second kappa shape index (κ2) is 5.75. The third kappa shape index (κ3) is 3.57. The maximum atomic E-state index is 13.5. The summed E-state index contributed by atoms with van der Waals surface area (Å²) < 4.78 is 41.5. The lowest BCUT2D eigenvalue weighted by molar-refractivity contribution is 0.427. The van der Waals surface area contributed by atoms with Crippen molar-refractivity contribution in [2.24, 2.45) is 0 Å². The lowest BCUT2D eigenvalue weighted by Gasteiger charge is -2.21. The molecule has 0 atom stereocenters. The van der Waals surface area contributed by atoms with Crippen LogP contribution in [0.2, 0.25) is 0 Å². The Labute approximate surface area is 112 Å². The van der Waals surface area contributed by atoms with Crippen LogP contribution in [0.25, 0.3) is 0 Å². The van der Waals surface area contributed by atoms with Gasteiger partial charge in [-0.15, -0.1) is 0 Å². The molecule has 1 aromatic rings. The molecule has 1 aliphatic heterocycles. The summed E-state index contributed by atoms with van der Waals surface area (Å²) in [5, 5.41) is 0. The molecular formula is C12H18FN3O2S. The second-order valence-electron chi connectivity index (χ2n) is 4.66. The molecule has 19 heavy (non-hydrogen) atoms. The van der Waals surface area contributed by atoms with Crippen molar-refractivity contribution in [3.8, 4) is 0 Å². The van der Waals surface area contributed by atoms with E-state index in [1.807, 2.05) is 0 Å². The number of nitrogens with one attached hydrogen (secondary N) is 1. The van der Waals surface area contributed by atoms with E-state index in [9.17, 15) is 12.8 Å². The molecule has 7 heteroatoms. The highest BCUT2D eigenvalue weighted by Crippen LogP contribution is 2.21. The normalized spacial score (nSPS) is 17.9. The summed E-state index contributed by atoms with van der Waals surface area (Å²) in [5.74, 6) is -0.632. The molecule has 0 amide bonds. The lowest BCUT2D eigenvalue weighted by atomic mass is 10.2. The Morgan fingerprint density at radius 1 is 1.16 bits per heavy atom. The fraction of sp³-hybridized carbons (Fsp3) is 0.500. The van der Waals surface area contributed by atoms with Crippen LogP contribution in [0.4, 0.5) is 15.8 Å². The Kier molecular flexibility index (Phi) is 4.26. The Morgan fingerprint density at radius 2 is 1.79 bits per heavy atom. The molecule has 1 heterocycles. The van der Waals surface area contributed by atoms with Gasteiger partial charge in [0.05, 0.1) is 5.69 Å². The van der Waals surface area contributed by atoms with Gasteiger partial charge in [0.15, 0.2) is 0 Å². The van der Waals surface area contributed by atoms with Gasteiger partial charge in [-0.25, -0.2) is 4.39 Å². The van der Waals surface area contributed by atoms with Gasteiger partial charge < -0.3 is 5.73 Å². The highest BCUT2D eigenvalue weighted by atomic mass is 32.2. The van der Waals surface area contributed by atoms with Crippen molar-refractivity contribution in [2.75, 3.05) is 23.5 Å². The summed E-state index contributed by atoms with van der Waals surface area (Å²) in [6.07, 6.45) is 3.72. The topological polar surface area (TPSA) is 75.4 Å². The zero-order valence-electron chi connectivity index (χ0n) is 10.6. The van der Waals surface area contributed by atoms with Gasteiger partial charge in [-0.1, -0.05) is 12.8 Å². The van der Waals surface area contributed by atoms with Crippen LogP contribution < -0.4 is 10.5 Å². The Balaban J connectivity index is 2.18. The SMILES string of the molecule is Nc1ccc(F)c(NS(=O)(=O)N2CCCCCC2)c1. The van der Waals surface area contributed by atoms with E-state index in [4.69, 9.17) is 5.73 Å². The van der Waals surface area contributed by atoms with Crippen molar-refractivity contribution in [2.45, 2.75) is 25.7 Å². The number of hydrogen-bond donors (Lipinski definition) is 2. The average molecular weight is 287 g/mol. The van der Waals surface area contributed by atoms with Crippen molar-refractivity contribution in [1.29, 1.82) is 0 Å². The Morgan fingerprint density at radius 3 is 2.42 bits per heavy atom. The molecular weight excluding hydrogens is 269 g/mol. The first-order valence-corrected chi connectivity index (χ1v) is 7.76. The largest absolute Gasteiger partial charge is 0.399 e. The van der Waals surface area contributed by atoms with Crippen LogP contribution in [0, 0.1) is 5.82 Å². The molecule has 1 fully saturated rings. The summed E-state index contributed by atoms with van der Waals surface area (Å²) in [5.41, 5.74) is 5.74. The number of hydrogen-bond acceptors (Lipinski definition) is 3. The van der Waals surface area contributed by atoms with Crippen molar-refractivity contribution >= 4 is 21.6 Å². The first kappa shape index (κ1) is 14.1. The first-order chi connectivity index (χ1) is 8.99. The van der Waals surface area contributed by atoms with Crippen LogP contribution in [0.15, 0.2) is 18.2 Å². The smallest absolute Gasteiger partial charge is 0.301 e. The van der Waals surface area contributed by atoms with E-state index in [1.165, 1.54) is 16.4 Å². The van der Waals surface area contributed by atoms with Crippen molar-refractivity contribution in [3.05, 3.63) is 24.0 Å². The van der Waals surface area contributed by atoms with Gasteiger partial charge in [0, 0.05) is 18.8 Å². The zero-order chi connectivity index (χ0) is 13.9. The Bertz CT molecular complexity index is 540. The molecule has 0 aliphatic carbocycles. The van der Waals surface area contributed by atoms with Gasteiger partial charge in [0.2, 0.25) is 0 Å². The molecule has 0 radical (unpaired) electrons. The maximum absolute atomic E-state index is 13.5. The van der Waals surface area contributed by atoms with E-state index >= 15 is 0 Å². The lowest BCUT2D eigenvalue weighted by Crippen LogP contribution is -2.36. The quantitative estimate of drug-likeness (QED) is 0.834. The number of nitrogens with zero attached hydrogens (tertiary/aromatic N) is 1. The van der Waals surface area contributed by atoms with Gasteiger partial charge in [-0.05, 0) is 31.0 Å². The number of benzene rings is 1. The Hall–Kier alpha value is -1.34. The summed E-state index contributed by atoms with van der Waals surface area (Å²) in [4.78, 5) is 0. The summed E-state index contributed by atoms with van der Waals surface area (Å²) in [6.45, 7) is 0.943. The standard InChI is InChI=1S/C12H18FN3O2S/c13-11-6-5-10(14)9-12(11)15-19(17,18)16-7-3-1-2-4-8-16/h5-6,9,15H,1-4,7-8,14H2. The molecule has 106 valence electrons. The van der Waals surface area contributed by atoms with Crippen LogP contribution in [0.1, 0.15) is 25.7 Å². The minimum absolute atomic E-state index is 0.107. The number of halogens is 1. The molecule has 5 nitrogen and oxygen atoms in total. The zero-order valence-corrected chi connectivity index (χ0v) is 11.4. The van der Waals surface area contributed by atoms with E-state index in [-0.39, 0.29) is 5.69 Å². The van der Waals surface area contributed by atoms with Crippen LogP contribution in [0.3, 0.4) is 0 Å². The summed E-state index contributed by atoms with van der Waals surface area (Å²) >= 11 is 0. The van der Waals surface area contributed by atoms with E-state index in [0.717, 1.165) is 31.7 Å². The van der Waals surface area contributed by atoms with Crippen molar-refractivity contribution < 1.29 is 12.8 Å². The molecule has 0 aromatic heterocycles. The molecule has 1 saturated heterocycles. The van der Waals surface area contributed by atoms with Gasteiger partial charge in [-0.2, -0.15) is 12.7 Å². The van der Waals surface area contributed by atoms with Crippen LogP contribution in [0.5, 0.6) is 0 Å². The van der Waals surface area contributed by atoms with Gasteiger partial charge >= 0.3 is 10.2 Å². The number of nitrogens with two attached hydrogens (primary N) is 1. The second-order valence-corrected chi connectivity index (χ2v) is 6.33. The molecule has 1 aromatic carbocycles. The fourth-order valence-corrected chi connectivity index (χ4v) is 3.41. The van der Waals surface area contributed by atoms with Crippen LogP contribution in [-0.2, 0) is 10.2 Å². The minimum atomic E-state index is -3.71. The third-order valence-corrected chi connectivity index (χ3v) is 4.66. The summed E-state index contributed by atoms with van der Waals surface area (Å²) in [7, 11) is -3.71. The predicted molar refractivity (Wildman–Crippen MR) is 73.4 cm³/mol. The van der Waals surface area contributed by atoms with E-state index in [1.54, 1.807) is 0 Å². The first-order valence-electron chi connectivity index (χ1n) is 6.32. The fourth-order valence-electron chi connectivity index (χ4n) is 2.11. The highest BCUT2D eigenvalue weighted by Gasteiger charge is 2.23. The molecule has 2 rings (SSSR count). The summed E-state index contributed by atoms with van der Waals surface area (Å²) in [6, 6.07) is 3.82. The van der Waals surface area contributed by atoms with E-state index in [2.05, 4.69) is 4.72 Å². The van der Waals surface area contributed by atoms with E-state index in [0.29, 0.717) is 18.8 Å². The minimum Gasteiger partial charge on any atom is -0.399 e. The van der Waals surface area contributed by atoms with Crippen LogP contribution in [-0.4, -0.2) is 25.8 Å². The van der Waals surface area contributed by atoms with Gasteiger partial charge in [0.25, 0.3) is 0 Å². The number of anilines is 2. The molecule has 0 spiro atoms. The van der Waals surface area contributed by atoms with Crippen LogP contribution >= 0.6 is 0 Å². The van der Waals surface area contributed by atoms with Crippen molar-refractivity contribution in [3.63, 3.8) is 0 Å². The van der Waals surface area contributed by atoms with Gasteiger partial charge in [0.1, 0.15) is 5.82 Å². The van der Waals surface area contributed by atoms with E-state index < -0.39 is 16.0 Å². The molecule has 3 N–H and O–H groups in total. The maximum Gasteiger partial charge on any atom is 0.301 e. The monoisotopic (exact) mass is 287 g/mol. The number of rotatable bonds is 3. The predicted octanol–water partition coefficient (Wildman–Crippen LogP) is 1.94.